The van der Waals surface area contributed by atoms with Crippen LogP contribution in [0.2, 0.25) is 0 Å². The van der Waals surface area contributed by atoms with Crippen LogP contribution in [0.1, 0.15) is 17.7 Å². The van der Waals surface area contributed by atoms with Gasteiger partial charge in [-0.25, -0.2) is 9.78 Å². The quantitative estimate of drug-likeness (QED) is 0.0818. The smallest absolute Gasteiger partial charge is 0.356 e. The summed E-state index contributed by atoms with van der Waals surface area (Å²) < 4.78 is 5.66. The van der Waals surface area contributed by atoms with E-state index in [1.54, 1.807) is 12.1 Å². The molecule has 0 saturated carbocycles. The van der Waals surface area contributed by atoms with E-state index in [-0.39, 0.29) is 53.3 Å². The van der Waals surface area contributed by atoms with Gasteiger partial charge in [0, 0.05) is 36.2 Å². The number of nitrogen functional groups attached to an aromatic ring is 1. The number of nitrogens with zero attached hydrogens (tertiary/aromatic N) is 5. The lowest BCUT2D eigenvalue weighted by Gasteiger charge is -2.49. The average molecular weight is 584 g/mol. The molecule has 3 amide bonds. The Kier molecular flexibility index (Phi) is 7.10. The number of nitro benzene ring substituents is 1. The molecule has 1 aromatic heterocycles. The molecule has 2 atom stereocenters. The summed E-state index contributed by atoms with van der Waals surface area (Å²) in [7, 11) is 0. The normalized spacial score (nSPS) is 21.5. The molecule has 3 aliphatic rings. The number of allylic oxidation sites excluding steroid dienone is 1. The van der Waals surface area contributed by atoms with Crippen molar-refractivity contribution in [1.29, 1.82) is 0 Å². The van der Waals surface area contributed by atoms with Crippen molar-refractivity contribution in [3.8, 4) is 0 Å². The van der Waals surface area contributed by atoms with E-state index in [9.17, 15) is 39.6 Å². The molecule has 17 heteroatoms. The second kappa shape index (κ2) is 10.7. The predicted molar refractivity (Wildman–Crippen MR) is 139 cm³/mol. The van der Waals surface area contributed by atoms with Gasteiger partial charge in [-0.1, -0.05) is 17.3 Å². The number of likely N-dealkylation sites (tertiary alicyclic amines) is 1. The fraction of sp³-hybridized carbons (Fsp3) is 0.250. The van der Waals surface area contributed by atoms with E-state index in [1.807, 2.05) is 0 Å². The maximum absolute atomic E-state index is 13.0. The first kappa shape index (κ1) is 27.3. The summed E-state index contributed by atoms with van der Waals surface area (Å²) in [4.78, 5) is 67.4. The van der Waals surface area contributed by atoms with Crippen LogP contribution >= 0.6 is 11.3 Å². The molecule has 0 unspecified atom stereocenters. The number of benzene rings is 1. The third-order valence-corrected chi connectivity index (χ3v) is 7.39. The van der Waals surface area contributed by atoms with Gasteiger partial charge >= 0.3 is 5.97 Å². The minimum atomic E-state index is -1.47. The average Bonchev–Trinajstić information content (AvgIpc) is 3.52. The van der Waals surface area contributed by atoms with Crippen LogP contribution in [0.5, 0.6) is 0 Å². The Hall–Kier alpha value is -5.32. The van der Waals surface area contributed by atoms with Gasteiger partial charge in [-0.05, 0) is 18.1 Å². The molecule has 2 saturated heterocycles. The largest absolute Gasteiger partial charge is 0.489 e. The highest BCUT2D eigenvalue weighted by Crippen LogP contribution is 2.34. The Labute approximate surface area is 234 Å². The summed E-state index contributed by atoms with van der Waals surface area (Å²) in [6, 6.07) is 3.76. The Morgan fingerprint density at radius 2 is 2.05 bits per heavy atom. The Balaban J connectivity index is 1.30. The third kappa shape index (κ3) is 5.05. The first-order valence-electron chi connectivity index (χ1n) is 12.0. The molecule has 212 valence electrons. The van der Waals surface area contributed by atoms with Crippen LogP contribution in [0, 0.1) is 10.1 Å². The van der Waals surface area contributed by atoms with E-state index >= 15 is 0 Å². The number of nitro groups is 1. The van der Waals surface area contributed by atoms with Crippen LogP contribution in [0.3, 0.4) is 0 Å². The number of carboxylic acids is 1. The number of hydrogen-bond donors (Lipinski definition) is 4. The van der Waals surface area contributed by atoms with Crippen LogP contribution in [-0.2, 0) is 30.5 Å². The van der Waals surface area contributed by atoms with Crippen LogP contribution in [0.4, 0.5) is 10.8 Å². The molecule has 5 rings (SSSR count). The number of thiazole rings is 1. The number of nitrogens with one attached hydrogen (secondary N) is 1. The number of aliphatic carboxylic acids is 1. The Morgan fingerprint density at radius 1 is 1.32 bits per heavy atom. The van der Waals surface area contributed by atoms with Gasteiger partial charge < -0.3 is 31.0 Å². The fourth-order valence-electron chi connectivity index (χ4n) is 4.70. The fourth-order valence-corrected chi connectivity index (χ4v) is 5.25. The van der Waals surface area contributed by atoms with Crippen LogP contribution in [0.25, 0.3) is 0 Å². The minimum absolute atomic E-state index is 0.0000858. The summed E-state index contributed by atoms with van der Waals surface area (Å²) in [6.07, 6.45) is 1.58. The third-order valence-electron chi connectivity index (χ3n) is 6.71. The molecular weight excluding hydrogens is 562 g/mol. The Morgan fingerprint density at radius 3 is 2.66 bits per heavy atom. The second-order valence-corrected chi connectivity index (χ2v) is 10.0. The molecule has 0 aliphatic carbocycles. The summed E-state index contributed by atoms with van der Waals surface area (Å²) in [6.45, 7) is 0.346. The van der Waals surface area contributed by atoms with Crippen molar-refractivity contribution >= 4 is 51.6 Å². The standard InChI is InChI=1S/C24H21N7O9S/c25-24-26-14(10-41-24)17(28-37)20(32)27-18-15-9-40-16(19(23(35)36)30(15)22(18)34)7-12-5-6-29(21(12)33)8-11-1-3-13(4-2-11)31(38)39/h1-4,7,10,15,18,37H,5-6,8-9H2,(H2,25,26)(H,27,32)(H,35,36)/b12-7+,28-17-/t15-,18+/m1/s1. The first-order valence-corrected chi connectivity index (χ1v) is 12.9. The monoisotopic (exact) mass is 583 g/mol. The summed E-state index contributed by atoms with van der Waals surface area (Å²) in [5.41, 5.74) is 5.47. The van der Waals surface area contributed by atoms with E-state index in [1.165, 1.54) is 28.5 Å². The number of anilines is 1. The van der Waals surface area contributed by atoms with E-state index in [0.717, 1.165) is 16.2 Å². The lowest BCUT2D eigenvalue weighted by atomic mass is 9.92. The molecular formula is C24H21N7O9S. The van der Waals surface area contributed by atoms with Gasteiger partial charge in [0.2, 0.25) is 5.91 Å². The second-order valence-electron chi connectivity index (χ2n) is 9.15. The molecule has 0 spiro atoms. The first-order chi connectivity index (χ1) is 19.6. The van der Waals surface area contributed by atoms with Gasteiger partial charge in [-0.15, -0.1) is 11.3 Å². The van der Waals surface area contributed by atoms with Crippen LogP contribution in [0.15, 0.2) is 57.9 Å². The molecule has 3 aliphatic heterocycles. The topological polar surface area (TPSA) is 231 Å². The number of fused-ring (bicyclic) bond motifs is 1. The molecule has 16 nitrogen and oxygen atoms in total. The molecule has 0 radical (unpaired) electrons. The number of carbonyl (C=O) groups is 4. The van der Waals surface area contributed by atoms with Gasteiger partial charge in [0.25, 0.3) is 17.5 Å². The van der Waals surface area contributed by atoms with Gasteiger partial charge in [-0.3, -0.25) is 29.4 Å². The van der Waals surface area contributed by atoms with Gasteiger partial charge in [0.15, 0.2) is 22.3 Å². The van der Waals surface area contributed by atoms with Crippen molar-refractivity contribution in [2.75, 3.05) is 18.9 Å². The van der Waals surface area contributed by atoms with E-state index in [2.05, 4.69) is 15.5 Å². The number of ether oxygens (including phenoxy) is 1. The van der Waals surface area contributed by atoms with Gasteiger partial charge in [0.1, 0.15) is 24.4 Å². The number of carboxylic acid groups (broad SMARTS) is 1. The summed E-state index contributed by atoms with van der Waals surface area (Å²) in [5, 5.41) is 36.9. The van der Waals surface area contributed by atoms with E-state index in [4.69, 9.17) is 10.5 Å². The Bertz CT molecular complexity index is 1560. The molecule has 2 aromatic rings. The number of β-lactam (4-membered cyclic amide) rings is 1. The minimum Gasteiger partial charge on any atom is -0.489 e. The predicted octanol–water partition coefficient (Wildman–Crippen LogP) is 0.193. The van der Waals surface area contributed by atoms with E-state index in [0.29, 0.717) is 12.1 Å². The number of nitrogens with two attached hydrogens (primary N) is 1. The number of oxime groups is 1. The van der Waals surface area contributed by atoms with Crippen molar-refractivity contribution in [2.45, 2.75) is 25.0 Å². The number of hydrogen-bond acceptors (Lipinski definition) is 12. The summed E-state index contributed by atoms with van der Waals surface area (Å²) in [5.74, 6) is -3.67. The zero-order valence-electron chi connectivity index (χ0n) is 20.9. The van der Waals surface area contributed by atoms with Crippen molar-refractivity contribution in [3.63, 3.8) is 0 Å². The number of carbonyl (C=O) groups excluding carboxylic acids is 3. The van der Waals surface area contributed by atoms with Crippen molar-refractivity contribution in [2.24, 2.45) is 5.16 Å². The zero-order chi connectivity index (χ0) is 29.4. The number of amides is 3. The molecule has 41 heavy (non-hydrogen) atoms. The molecule has 0 bridgehead atoms. The maximum atomic E-state index is 13.0. The maximum Gasteiger partial charge on any atom is 0.356 e. The highest BCUT2D eigenvalue weighted by atomic mass is 32.1. The highest BCUT2D eigenvalue weighted by Gasteiger charge is 2.55. The highest BCUT2D eigenvalue weighted by molar-refractivity contribution is 7.13. The van der Waals surface area contributed by atoms with Crippen LogP contribution in [-0.4, -0.2) is 84.7 Å². The van der Waals surface area contributed by atoms with E-state index < -0.39 is 46.2 Å². The summed E-state index contributed by atoms with van der Waals surface area (Å²) >= 11 is 1.01. The molecule has 5 N–H and O–H groups in total. The van der Waals surface area contributed by atoms with Crippen molar-refractivity contribution < 1.29 is 39.2 Å². The lowest BCUT2D eigenvalue weighted by Crippen LogP contribution is -2.73. The SMILES string of the molecule is Nc1nc(/C(=N/O)C(=O)N[C@@H]2C(=O)N3C(C(=O)O)=C(/C=C4\CCN(Cc5ccc([N+](=O)[O-])cc5)C4=O)OC[C@H]23)cs1. The lowest BCUT2D eigenvalue weighted by molar-refractivity contribution is -0.384. The molecule has 1 aromatic carbocycles. The van der Waals surface area contributed by atoms with Crippen LogP contribution < -0.4 is 11.1 Å². The number of rotatable bonds is 8. The van der Waals surface area contributed by atoms with Crippen molar-refractivity contribution in [3.05, 3.63) is 74.1 Å². The van der Waals surface area contributed by atoms with Crippen molar-refractivity contribution in [1.82, 2.24) is 20.1 Å². The molecule has 4 heterocycles. The van der Waals surface area contributed by atoms with Gasteiger partial charge in [-0.2, -0.15) is 0 Å². The zero-order valence-corrected chi connectivity index (χ0v) is 21.7. The number of aromatic nitrogens is 1. The van der Waals surface area contributed by atoms with Gasteiger partial charge in [0.05, 0.1) is 4.92 Å². The number of non-ortho nitro benzene ring substituents is 1. The molecule has 2 fully saturated rings.